The molecular weight excluding hydrogens is 437 g/mol. The zero-order chi connectivity index (χ0) is 23.4. The average molecular weight is 458 g/mol. The molecule has 1 fully saturated rings. The second kappa shape index (κ2) is 9.40. The number of rotatable bonds is 6. The smallest absolute Gasteiger partial charge is 0.418 e. The number of carbonyl (C=O) groups is 2. The molecule has 6 nitrogen and oxygen atoms in total. The molecule has 4 rings (SSSR count). The number of carbonyl (C=O) groups excluding carboxylic acids is 2. The number of hydrogen-bond donors (Lipinski definition) is 2. The first-order valence-corrected chi connectivity index (χ1v) is 10.4. The summed E-state index contributed by atoms with van der Waals surface area (Å²) in [5, 5.41) is 4.65. The van der Waals surface area contributed by atoms with Crippen LogP contribution in [0.4, 0.5) is 24.5 Å². The lowest BCUT2D eigenvalue weighted by Crippen LogP contribution is -2.18. The largest absolute Gasteiger partial charge is 0.490 e. The van der Waals surface area contributed by atoms with Crippen molar-refractivity contribution in [1.29, 1.82) is 0 Å². The van der Waals surface area contributed by atoms with Crippen molar-refractivity contribution < 1.29 is 31.9 Å². The molecule has 0 atom stereocenters. The van der Waals surface area contributed by atoms with Crippen molar-refractivity contribution in [2.45, 2.75) is 38.0 Å². The normalized spacial score (nSPS) is 14.2. The highest BCUT2D eigenvalue weighted by molar-refractivity contribution is 6.05. The van der Waals surface area contributed by atoms with Gasteiger partial charge in [-0.2, -0.15) is 13.2 Å². The van der Waals surface area contributed by atoms with Gasteiger partial charge < -0.3 is 19.8 Å². The lowest BCUT2D eigenvalue weighted by molar-refractivity contribution is -0.136. The summed E-state index contributed by atoms with van der Waals surface area (Å²) >= 11 is 0. The minimum Gasteiger partial charge on any atom is -0.490 e. The Kier molecular flexibility index (Phi) is 6.39. The fourth-order valence-electron chi connectivity index (χ4n) is 3.64. The van der Waals surface area contributed by atoms with E-state index in [1.54, 1.807) is 12.1 Å². The van der Waals surface area contributed by atoms with Crippen LogP contribution in [0.3, 0.4) is 0 Å². The lowest BCUT2D eigenvalue weighted by atomic mass is 10.1. The summed E-state index contributed by atoms with van der Waals surface area (Å²) in [6, 6.07) is 12.3. The van der Waals surface area contributed by atoms with E-state index >= 15 is 0 Å². The topological polar surface area (TPSA) is 80.6 Å². The third kappa shape index (κ3) is 5.54. The van der Waals surface area contributed by atoms with Gasteiger partial charge in [0.05, 0.1) is 23.6 Å². The van der Waals surface area contributed by atoms with Gasteiger partial charge in [0.2, 0.25) is 0 Å². The zero-order valence-corrected chi connectivity index (χ0v) is 17.4. The molecule has 0 spiro atoms. The fourth-order valence-corrected chi connectivity index (χ4v) is 3.64. The monoisotopic (exact) mass is 458 g/mol. The van der Waals surface area contributed by atoms with Crippen LogP contribution in [-0.4, -0.2) is 17.9 Å². The van der Waals surface area contributed by atoms with E-state index < -0.39 is 29.2 Å². The quantitative estimate of drug-likeness (QED) is 0.466. The van der Waals surface area contributed by atoms with E-state index in [0.29, 0.717) is 5.75 Å². The van der Waals surface area contributed by atoms with E-state index in [0.717, 1.165) is 37.8 Å². The predicted octanol–water partition coefficient (Wildman–Crippen LogP) is 6.12. The molecule has 1 saturated carbocycles. The fraction of sp³-hybridized carbons (Fsp3) is 0.250. The van der Waals surface area contributed by atoms with E-state index in [-0.39, 0.29) is 23.1 Å². The van der Waals surface area contributed by atoms with Crippen molar-refractivity contribution in [3.05, 3.63) is 77.7 Å². The Morgan fingerprint density at radius 2 is 1.67 bits per heavy atom. The number of alkyl halides is 3. The minimum atomic E-state index is -4.76. The molecule has 3 aromatic rings. The van der Waals surface area contributed by atoms with Gasteiger partial charge in [0.25, 0.3) is 11.8 Å². The van der Waals surface area contributed by atoms with Crippen LogP contribution in [0.25, 0.3) is 0 Å². The molecule has 1 aliphatic carbocycles. The molecule has 0 radical (unpaired) electrons. The SMILES string of the molecule is O=C(Nc1ccc(NC(=O)c2ccco2)cc1C(F)(F)F)c1ccc(OC2CCCC2)cc1. The third-order valence-electron chi connectivity index (χ3n) is 5.30. The van der Waals surface area contributed by atoms with E-state index in [1.165, 1.54) is 36.6 Å². The standard InChI is InChI=1S/C24H21F3N2O4/c25-24(26,27)19-14-16(28-23(31)21-6-3-13-32-21)9-12-20(19)29-22(30)15-7-10-18(11-8-15)33-17-4-1-2-5-17/h3,6-14,17H,1-2,4-5H2,(H,28,31)(H,29,30). The van der Waals surface area contributed by atoms with Crippen LogP contribution >= 0.6 is 0 Å². The maximum atomic E-state index is 13.6. The maximum Gasteiger partial charge on any atom is 0.418 e. The Hall–Kier alpha value is -3.75. The van der Waals surface area contributed by atoms with Crippen LogP contribution in [-0.2, 0) is 6.18 Å². The molecule has 1 aliphatic rings. The third-order valence-corrected chi connectivity index (χ3v) is 5.30. The molecule has 172 valence electrons. The number of halogens is 3. The molecule has 1 aromatic heterocycles. The summed E-state index contributed by atoms with van der Waals surface area (Å²) in [5.74, 6) is -0.808. The summed E-state index contributed by atoms with van der Waals surface area (Å²) < 4.78 is 51.7. The summed E-state index contributed by atoms with van der Waals surface area (Å²) in [7, 11) is 0. The molecule has 0 unspecified atom stereocenters. The molecular formula is C24H21F3N2O4. The van der Waals surface area contributed by atoms with Crippen molar-refractivity contribution in [3.8, 4) is 5.75 Å². The zero-order valence-electron chi connectivity index (χ0n) is 17.4. The number of furan rings is 1. The highest BCUT2D eigenvalue weighted by Crippen LogP contribution is 2.37. The first kappa shape index (κ1) is 22.4. The second-order valence-electron chi connectivity index (χ2n) is 7.69. The average Bonchev–Trinajstić information content (AvgIpc) is 3.49. The summed E-state index contributed by atoms with van der Waals surface area (Å²) in [4.78, 5) is 24.6. The first-order valence-electron chi connectivity index (χ1n) is 10.4. The van der Waals surface area contributed by atoms with Crippen LogP contribution in [0, 0.1) is 0 Å². The number of nitrogens with one attached hydrogen (secondary N) is 2. The van der Waals surface area contributed by atoms with E-state index in [2.05, 4.69) is 10.6 Å². The maximum absolute atomic E-state index is 13.6. The molecule has 0 aliphatic heterocycles. The van der Waals surface area contributed by atoms with Gasteiger partial charge in [-0.3, -0.25) is 9.59 Å². The molecule has 0 saturated heterocycles. The number of hydrogen-bond acceptors (Lipinski definition) is 4. The molecule has 9 heteroatoms. The van der Waals surface area contributed by atoms with Crippen LogP contribution in [0.15, 0.2) is 65.3 Å². The van der Waals surface area contributed by atoms with Crippen molar-refractivity contribution in [2.75, 3.05) is 10.6 Å². The second-order valence-corrected chi connectivity index (χ2v) is 7.69. The van der Waals surface area contributed by atoms with Crippen molar-refractivity contribution >= 4 is 23.2 Å². The summed E-state index contributed by atoms with van der Waals surface area (Å²) in [6.45, 7) is 0. The Morgan fingerprint density at radius 3 is 2.30 bits per heavy atom. The van der Waals surface area contributed by atoms with Crippen LogP contribution in [0.5, 0.6) is 5.75 Å². The predicted molar refractivity (Wildman–Crippen MR) is 115 cm³/mol. The number of anilines is 2. The number of ether oxygens (including phenoxy) is 1. The number of amides is 2. The van der Waals surface area contributed by atoms with Gasteiger partial charge in [0.15, 0.2) is 5.76 Å². The molecule has 2 N–H and O–H groups in total. The van der Waals surface area contributed by atoms with Gasteiger partial charge in [-0.05, 0) is 80.3 Å². The van der Waals surface area contributed by atoms with Crippen LogP contribution in [0.1, 0.15) is 52.2 Å². The minimum absolute atomic E-state index is 0.0405. The molecule has 33 heavy (non-hydrogen) atoms. The Balaban J connectivity index is 1.48. The molecule has 1 heterocycles. The molecule has 2 aromatic carbocycles. The van der Waals surface area contributed by atoms with Gasteiger partial charge >= 0.3 is 6.18 Å². The molecule has 0 bridgehead atoms. The van der Waals surface area contributed by atoms with Crippen LogP contribution in [0.2, 0.25) is 0 Å². The molecule has 2 amide bonds. The van der Waals surface area contributed by atoms with E-state index in [4.69, 9.17) is 9.15 Å². The van der Waals surface area contributed by atoms with Gasteiger partial charge in [-0.1, -0.05) is 0 Å². The van der Waals surface area contributed by atoms with Gasteiger partial charge in [0, 0.05) is 11.3 Å². The van der Waals surface area contributed by atoms with Crippen molar-refractivity contribution in [2.24, 2.45) is 0 Å². The van der Waals surface area contributed by atoms with E-state index in [1.807, 2.05) is 0 Å². The van der Waals surface area contributed by atoms with Gasteiger partial charge in [-0.25, -0.2) is 0 Å². The van der Waals surface area contributed by atoms with Crippen molar-refractivity contribution in [1.82, 2.24) is 0 Å². The van der Waals surface area contributed by atoms with Crippen LogP contribution < -0.4 is 15.4 Å². The first-order chi connectivity index (χ1) is 15.8. The van der Waals surface area contributed by atoms with Gasteiger partial charge in [0.1, 0.15) is 5.75 Å². The van der Waals surface area contributed by atoms with E-state index in [9.17, 15) is 22.8 Å². The Labute approximate surface area is 187 Å². The highest BCUT2D eigenvalue weighted by atomic mass is 19.4. The Morgan fingerprint density at radius 1 is 0.939 bits per heavy atom. The summed E-state index contributed by atoms with van der Waals surface area (Å²) in [5.41, 5.74) is -1.41. The van der Waals surface area contributed by atoms with Gasteiger partial charge in [-0.15, -0.1) is 0 Å². The lowest BCUT2D eigenvalue weighted by Gasteiger charge is -2.16. The Bertz CT molecular complexity index is 1120. The van der Waals surface area contributed by atoms with Crippen molar-refractivity contribution in [3.63, 3.8) is 0 Å². The highest BCUT2D eigenvalue weighted by Gasteiger charge is 2.34. The number of benzene rings is 2. The summed E-state index contributed by atoms with van der Waals surface area (Å²) in [6.07, 6.45) is 0.900.